The third kappa shape index (κ3) is 4.95. The second-order valence-corrected chi connectivity index (χ2v) is 7.86. The van der Waals surface area contributed by atoms with Gasteiger partial charge in [0.1, 0.15) is 22.8 Å². The number of rotatable bonds is 6. The molecule has 3 aromatic rings. The first-order valence-corrected chi connectivity index (χ1v) is 10.2. The molecule has 0 saturated heterocycles. The van der Waals surface area contributed by atoms with Crippen LogP contribution in [0, 0.1) is 6.92 Å². The minimum Gasteiger partial charge on any atom is -0.495 e. The highest BCUT2D eigenvalue weighted by atomic mass is 35.5. The summed E-state index contributed by atoms with van der Waals surface area (Å²) in [5.74, 6) is -0.196. The summed E-state index contributed by atoms with van der Waals surface area (Å²) in [5, 5.41) is 7.73. The Labute approximate surface area is 193 Å². The number of anilines is 1. The molecule has 1 aromatic heterocycles. The number of hydrogen-bond acceptors (Lipinski definition) is 5. The van der Waals surface area contributed by atoms with E-state index in [0.717, 1.165) is 0 Å². The number of aryl methyl sites for hydroxylation is 1. The topological polar surface area (TPSA) is 84.7 Å². The van der Waals surface area contributed by atoms with Gasteiger partial charge in [0.15, 0.2) is 0 Å². The van der Waals surface area contributed by atoms with E-state index >= 15 is 0 Å². The van der Waals surface area contributed by atoms with Crippen molar-refractivity contribution >= 4 is 52.3 Å². The number of likely N-dealkylation sites (N-methyl/N-ethyl adjacent to an activating group) is 1. The van der Waals surface area contributed by atoms with E-state index in [4.69, 9.17) is 44.1 Å². The summed E-state index contributed by atoms with van der Waals surface area (Å²) in [5.41, 5.74) is 1.16. The van der Waals surface area contributed by atoms with Crippen LogP contribution in [0.5, 0.6) is 5.75 Å². The SMILES string of the molecule is COc1ccc(Cl)cc1NC(=O)CN(C)C(=O)c1c(-c2c(Cl)cccc2Cl)noc1C. The van der Waals surface area contributed by atoms with E-state index < -0.39 is 11.8 Å². The number of carbonyl (C=O) groups is 2. The Bertz CT molecular complexity index is 1130. The van der Waals surface area contributed by atoms with Crippen molar-refractivity contribution in [1.29, 1.82) is 0 Å². The van der Waals surface area contributed by atoms with Crippen LogP contribution in [0.25, 0.3) is 11.3 Å². The quantitative estimate of drug-likeness (QED) is 0.513. The van der Waals surface area contributed by atoms with Crippen molar-refractivity contribution in [2.75, 3.05) is 26.0 Å². The fourth-order valence-corrected chi connectivity index (χ4v) is 3.71. The lowest BCUT2D eigenvalue weighted by Gasteiger charge is -2.18. The molecule has 162 valence electrons. The number of ether oxygens (including phenoxy) is 1. The zero-order valence-corrected chi connectivity index (χ0v) is 19.1. The number of benzene rings is 2. The Morgan fingerprint density at radius 3 is 2.48 bits per heavy atom. The van der Waals surface area contributed by atoms with Gasteiger partial charge in [-0.1, -0.05) is 46.0 Å². The number of nitrogens with one attached hydrogen (secondary N) is 1. The van der Waals surface area contributed by atoms with E-state index in [2.05, 4.69) is 10.5 Å². The summed E-state index contributed by atoms with van der Waals surface area (Å²) >= 11 is 18.5. The van der Waals surface area contributed by atoms with Gasteiger partial charge in [-0.2, -0.15) is 0 Å². The van der Waals surface area contributed by atoms with Crippen LogP contribution >= 0.6 is 34.8 Å². The zero-order chi connectivity index (χ0) is 22.7. The third-order valence-corrected chi connectivity index (χ3v) is 5.30. The van der Waals surface area contributed by atoms with Gasteiger partial charge >= 0.3 is 0 Å². The van der Waals surface area contributed by atoms with E-state index in [0.29, 0.717) is 32.1 Å². The molecule has 10 heteroatoms. The van der Waals surface area contributed by atoms with Crippen LogP contribution in [0.1, 0.15) is 16.1 Å². The molecule has 0 aliphatic heterocycles. The lowest BCUT2D eigenvalue weighted by Crippen LogP contribution is -2.35. The van der Waals surface area contributed by atoms with Gasteiger partial charge in [0.05, 0.1) is 29.4 Å². The molecule has 0 fully saturated rings. The van der Waals surface area contributed by atoms with E-state index in [1.807, 2.05) is 0 Å². The first-order chi connectivity index (χ1) is 14.7. The number of carbonyl (C=O) groups excluding carboxylic acids is 2. The molecule has 0 bridgehead atoms. The monoisotopic (exact) mass is 481 g/mol. The van der Waals surface area contributed by atoms with Crippen LogP contribution in [0.3, 0.4) is 0 Å². The predicted molar refractivity (Wildman–Crippen MR) is 120 cm³/mol. The van der Waals surface area contributed by atoms with E-state index in [9.17, 15) is 9.59 Å². The smallest absolute Gasteiger partial charge is 0.259 e. The summed E-state index contributed by atoms with van der Waals surface area (Å²) in [6.07, 6.45) is 0. The third-order valence-electron chi connectivity index (χ3n) is 4.44. The largest absolute Gasteiger partial charge is 0.495 e. The number of hydrogen-bond donors (Lipinski definition) is 1. The Morgan fingerprint density at radius 1 is 1.16 bits per heavy atom. The molecule has 3 rings (SSSR count). The molecule has 0 aliphatic carbocycles. The fourth-order valence-electron chi connectivity index (χ4n) is 2.96. The van der Waals surface area contributed by atoms with Gasteiger partial charge in [-0.25, -0.2) is 0 Å². The van der Waals surface area contributed by atoms with E-state index in [1.54, 1.807) is 43.3 Å². The molecule has 7 nitrogen and oxygen atoms in total. The maximum absolute atomic E-state index is 13.1. The highest BCUT2D eigenvalue weighted by Crippen LogP contribution is 2.37. The molecule has 0 aliphatic rings. The summed E-state index contributed by atoms with van der Waals surface area (Å²) in [4.78, 5) is 26.9. The lowest BCUT2D eigenvalue weighted by atomic mass is 10.0. The molecule has 0 unspecified atom stereocenters. The van der Waals surface area contributed by atoms with Crippen molar-refractivity contribution in [3.8, 4) is 17.0 Å². The molecule has 0 spiro atoms. The van der Waals surface area contributed by atoms with Crippen molar-refractivity contribution < 1.29 is 18.8 Å². The van der Waals surface area contributed by atoms with Gasteiger partial charge in [-0.3, -0.25) is 9.59 Å². The average Bonchev–Trinajstić information content (AvgIpc) is 3.08. The van der Waals surface area contributed by atoms with Crippen LogP contribution in [0.15, 0.2) is 40.9 Å². The van der Waals surface area contributed by atoms with Gasteiger partial charge in [-0.15, -0.1) is 0 Å². The lowest BCUT2D eigenvalue weighted by molar-refractivity contribution is -0.116. The van der Waals surface area contributed by atoms with Gasteiger partial charge < -0.3 is 19.5 Å². The van der Waals surface area contributed by atoms with Gasteiger partial charge in [0, 0.05) is 17.6 Å². The maximum Gasteiger partial charge on any atom is 0.259 e. The molecular formula is C21H18Cl3N3O4. The van der Waals surface area contributed by atoms with Crippen LogP contribution in [-0.4, -0.2) is 42.6 Å². The molecule has 2 amide bonds. The van der Waals surface area contributed by atoms with Crippen LogP contribution in [0.4, 0.5) is 5.69 Å². The fraction of sp³-hybridized carbons (Fsp3) is 0.190. The number of methoxy groups -OCH3 is 1. The van der Waals surface area contributed by atoms with Crippen LogP contribution < -0.4 is 10.1 Å². The Hall–Kier alpha value is -2.74. The average molecular weight is 483 g/mol. The molecule has 1 heterocycles. The number of nitrogens with zero attached hydrogens (tertiary/aromatic N) is 2. The second-order valence-electron chi connectivity index (χ2n) is 6.61. The standard InChI is InChI=1S/C21H18Cl3N3O4/c1-11-18(20(26-31-11)19-13(23)5-4-6-14(19)24)21(29)27(2)10-17(28)25-15-9-12(22)7-8-16(15)30-3/h4-9H,10H2,1-3H3,(H,25,28). The Kier molecular flexibility index (Phi) is 7.10. The first-order valence-electron chi connectivity index (χ1n) is 9.02. The van der Waals surface area contributed by atoms with Crippen LogP contribution in [-0.2, 0) is 4.79 Å². The van der Waals surface area contributed by atoms with Crippen molar-refractivity contribution in [2.24, 2.45) is 0 Å². The molecule has 1 N–H and O–H groups in total. The maximum atomic E-state index is 13.1. The highest BCUT2D eigenvalue weighted by Gasteiger charge is 2.27. The first kappa shape index (κ1) is 22.9. The Morgan fingerprint density at radius 2 is 1.84 bits per heavy atom. The van der Waals surface area contributed by atoms with Crippen molar-refractivity contribution in [2.45, 2.75) is 6.92 Å². The predicted octanol–water partition coefficient (Wildman–Crippen LogP) is 5.33. The molecule has 2 aromatic carbocycles. The van der Waals surface area contributed by atoms with Crippen molar-refractivity contribution in [3.63, 3.8) is 0 Å². The normalized spacial score (nSPS) is 10.6. The molecule has 0 radical (unpaired) electrons. The highest BCUT2D eigenvalue weighted by molar-refractivity contribution is 6.39. The molecule has 31 heavy (non-hydrogen) atoms. The summed E-state index contributed by atoms with van der Waals surface area (Å²) in [7, 11) is 2.96. The zero-order valence-electron chi connectivity index (χ0n) is 16.8. The summed E-state index contributed by atoms with van der Waals surface area (Å²) in [6.45, 7) is 1.36. The van der Waals surface area contributed by atoms with Gasteiger partial charge in [0.2, 0.25) is 5.91 Å². The Balaban J connectivity index is 1.82. The minimum absolute atomic E-state index is 0.172. The summed E-state index contributed by atoms with van der Waals surface area (Å²) < 4.78 is 10.4. The van der Waals surface area contributed by atoms with Gasteiger partial charge in [-0.05, 0) is 37.3 Å². The van der Waals surface area contributed by atoms with Crippen molar-refractivity contribution in [3.05, 3.63) is 62.8 Å². The molecule has 0 atom stereocenters. The number of halogens is 3. The molecular weight excluding hydrogens is 465 g/mol. The van der Waals surface area contributed by atoms with Crippen LogP contribution in [0.2, 0.25) is 15.1 Å². The van der Waals surface area contributed by atoms with E-state index in [-0.39, 0.29) is 23.6 Å². The number of amides is 2. The summed E-state index contributed by atoms with van der Waals surface area (Å²) in [6, 6.07) is 9.78. The van der Waals surface area contributed by atoms with E-state index in [1.165, 1.54) is 19.1 Å². The number of aromatic nitrogens is 1. The minimum atomic E-state index is -0.474. The van der Waals surface area contributed by atoms with Gasteiger partial charge in [0.25, 0.3) is 5.91 Å². The molecule has 0 saturated carbocycles. The van der Waals surface area contributed by atoms with Crippen molar-refractivity contribution in [1.82, 2.24) is 10.1 Å². The second kappa shape index (κ2) is 9.60.